The third kappa shape index (κ3) is 4.18. The molecule has 5 heterocycles. The van der Waals surface area contributed by atoms with Gasteiger partial charge in [-0.2, -0.15) is 0 Å². The van der Waals surface area contributed by atoms with E-state index in [0.717, 1.165) is 82.6 Å². The third-order valence-corrected chi connectivity index (χ3v) is 9.73. The zero-order chi connectivity index (χ0) is 33.5. The Bertz CT molecular complexity index is 3100. The quantitative estimate of drug-likeness (QED) is 0.188. The summed E-state index contributed by atoms with van der Waals surface area (Å²) in [4.78, 5) is 20.0. The molecule has 7 nitrogen and oxygen atoms in total. The summed E-state index contributed by atoms with van der Waals surface area (Å²) in [7, 11) is 0. The second-order valence-corrected chi connectivity index (χ2v) is 12.6. The molecule has 0 radical (unpaired) electrons. The van der Waals surface area contributed by atoms with E-state index in [1.807, 2.05) is 91.1 Å². The van der Waals surface area contributed by atoms with Gasteiger partial charge in [-0.3, -0.25) is 4.57 Å². The van der Waals surface area contributed by atoms with Crippen LogP contribution in [-0.4, -0.2) is 24.5 Å². The minimum Gasteiger partial charge on any atom is -0.456 e. The van der Waals surface area contributed by atoms with E-state index in [1.165, 1.54) is 0 Å². The lowest BCUT2D eigenvalue weighted by molar-refractivity contribution is 0.668. The second-order valence-electron chi connectivity index (χ2n) is 12.6. The van der Waals surface area contributed by atoms with Gasteiger partial charge in [0.15, 0.2) is 17.5 Å². The molecule has 0 bridgehead atoms. The van der Waals surface area contributed by atoms with Crippen LogP contribution in [0.4, 0.5) is 0 Å². The number of pyridine rings is 1. The fourth-order valence-electron chi connectivity index (χ4n) is 7.45. The highest BCUT2D eigenvalue weighted by atomic mass is 16.3. The van der Waals surface area contributed by atoms with Gasteiger partial charge >= 0.3 is 0 Å². The molecule has 238 valence electrons. The van der Waals surface area contributed by atoms with Crippen LogP contribution >= 0.6 is 0 Å². The molecule has 11 aromatic rings. The lowest BCUT2D eigenvalue weighted by Gasteiger charge is -2.09. The molecule has 6 aromatic carbocycles. The molecule has 0 aliphatic carbocycles. The molecule has 0 N–H and O–H groups in total. The summed E-state index contributed by atoms with van der Waals surface area (Å²) in [5.74, 6) is 1.67. The van der Waals surface area contributed by atoms with Crippen LogP contribution in [0.2, 0.25) is 0 Å². The van der Waals surface area contributed by atoms with Crippen LogP contribution in [0.25, 0.3) is 106 Å². The van der Waals surface area contributed by atoms with Crippen molar-refractivity contribution in [2.45, 2.75) is 0 Å². The maximum atomic E-state index is 6.76. The first-order valence-electron chi connectivity index (χ1n) is 16.8. The van der Waals surface area contributed by atoms with E-state index < -0.39 is 0 Å². The van der Waals surface area contributed by atoms with E-state index >= 15 is 0 Å². The first-order chi connectivity index (χ1) is 25.3. The smallest absolute Gasteiger partial charge is 0.167 e. The van der Waals surface area contributed by atoms with Crippen LogP contribution in [0.3, 0.4) is 0 Å². The maximum Gasteiger partial charge on any atom is 0.167 e. The maximum absolute atomic E-state index is 6.76. The first kappa shape index (κ1) is 27.8. The molecule has 51 heavy (non-hydrogen) atoms. The molecule has 0 amide bonds. The second kappa shape index (κ2) is 10.7. The predicted octanol–water partition coefficient (Wildman–Crippen LogP) is 11.2. The molecule has 11 rings (SSSR count). The van der Waals surface area contributed by atoms with Gasteiger partial charge in [-0.15, -0.1) is 0 Å². The largest absolute Gasteiger partial charge is 0.456 e. The zero-order valence-electron chi connectivity index (χ0n) is 27.0. The highest BCUT2D eigenvalue weighted by Gasteiger charge is 2.21. The van der Waals surface area contributed by atoms with Gasteiger partial charge in [0.25, 0.3) is 0 Å². The molecule has 5 aromatic heterocycles. The molecular formula is C44H25N5O2. The van der Waals surface area contributed by atoms with E-state index in [1.54, 1.807) is 0 Å². The lowest BCUT2D eigenvalue weighted by Crippen LogP contribution is -2.00. The summed E-state index contributed by atoms with van der Waals surface area (Å²) in [6, 6.07) is 49.1. The number of furan rings is 2. The fraction of sp³-hybridized carbons (Fsp3) is 0. The Kier molecular flexibility index (Phi) is 5.83. The normalized spacial score (nSPS) is 11.9. The summed E-state index contributed by atoms with van der Waals surface area (Å²) in [5, 5.41) is 6.25. The predicted molar refractivity (Wildman–Crippen MR) is 203 cm³/mol. The van der Waals surface area contributed by atoms with Gasteiger partial charge in [-0.25, -0.2) is 19.9 Å². The van der Waals surface area contributed by atoms with Crippen LogP contribution in [-0.2, 0) is 0 Å². The van der Waals surface area contributed by atoms with Crippen molar-refractivity contribution in [1.29, 1.82) is 0 Å². The van der Waals surface area contributed by atoms with Crippen molar-refractivity contribution in [1.82, 2.24) is 24.5 Å². The Morgan fingerprint density at radius 2 is 1.16 bits per heavy atom. The summed E-state index contributed by atoms with van der Waals surface area (Å²) in [6.07, 6.45) is 1.84. The van der Waals surface area contributed by atoms with Crippen molar-refractivity contribution >= 4 is 65.8 Å². The molecule has 0 saturated carbocycles. The highest BCUT2D eigenvalue weighted by Crippen LogP contribution is 2.40. The van der Waals surface area contributed by atoms with Crippen LogP contribution in [0.5, 0.6) is 0 Å². The molecule has 0 saturated heterocycles. The van der Waals surface area contributed by atoms with E-state index in [2.05, 4.69) is 65.2 Å². The number of benzene rings is 6. The van der Waals surface area contributed by atoms with Crippen molar-refractivity contribution in [3.8, 4) is 39.9 Å². The number of aromatic nitrogens is 5. The lowest BCUT2D eigenvalue weighted by atomic mass is 10.0. The summed E-state index contributed by atoms with van der Waals surface area (Å²) in [6.45, 7) is 0. The van der Waals surface area contributed by atoms with Gasteiger partial charge < -0.3 is 8.83 Å². The number of hydrogen-bond donors (Lipinski definition) is 0. The van der Waals surface area contributed by atoms with Crippen molar-refractivity contribution < 1.29 is 8.83 Å². The topological polar surface area (TPSA) is 82.8 Å². The Morgan fingerprint density at radius 3 is 2.08 bits per heavy atom. The number of fused-ring (bicyclic) bond motifs is 9. The average Bonchev–Trinajstić information content (AvgIpc) is 3.87. The van der Waals surface area contributed by atoms with Gasteiger partial charge in [0.2, 0.25) is 0 Å². The Balaban J connectivity index is 1.14. The molecule has 0 spiro atoms. The van der Waals surface area contributed by atoms with Gasteiger partial charge in [0.1, 0.15) is 28.0 Å². The monoisotopic (exact) mass is 655 g/mol. The van der Waals surface area contributed by atoms with Crippen molar-refractivity contribution in [3.63, 3.8) is 0 Å². The summed E-state index contributed by atoms with van der Waals surface area (Å²) < 4.78 is 15.2. The molecule has 0 atom stereocenters. The summed E-state index contributed by atoms with van der Waals surface area (Å²) >= 11 is 0. The Morgan fingerprint density at radius 1 is 0.451 bits per heavy atom. The SMILES string of the molecule is c1ccc(-c2nc(-c3cccc4c3oc3cc(-n5c6ccccc6c6cccnc65)ccc34)nc(-c3cccc4oc5ccccc5c34)n2)cc1. The van der Waals surface area contributed by atoms with Gasteiger partial charge in [-0.1, -0.05) is 91.0 Å². The van der Waals surface area contributed by atoms with E-state index in [0.29, 0.717) is 23.1 Å². The van der Waals surface area contributed by atoms with Crippen molar-refractivity contribution in [3.05, 3.63) is 152 Å². The minimum absolute atomic E-state index is 0.528. The van der Waals surface area contributed by atoms with Gasteiger partial charge in [0.05, 0.1) is 16.8 Å². The average molecular weight is 656 g/mol. The van der Waals surface area contributed by atoms with Crippen molar-refractivity contribution in [2.75, 3.05) is 0 Å². The highest BCUT2D eigenvalue weighted by molar-refractivity contribution is 6.13. The molecule has 0 aliphatic rings. The Labute approximate surface area is 290 Å². The van der Waals surface area contributed by atoms with Crippen LogP contribution < -0.4 is 0 Å². The summed E-state index contributed by atoms with van der Waals surface area (Å²) in [5.41, 5.74) is 8.61. The minimum atomic E-state index is 0.528. The van der Waals surface area contributed by atoms with E-state index in [-0.39, 0.29) is 0 Å². The van der Waals surface area contributed by atoms with Gasteiger partial charge in [0, 0.05) is 55.7 Å². The first-order valence-corrected chi connectivity index (χ1v) is 16.8. The number of hydrogen-bond acceptors (Lipinski definition) is 6. The number of nitrogens with zero attached hydrogens (tertiary/aromatic N) is 5. The van der Waals surface area contributed by atoms with Crippen LogP contribution in [0.15, 0.2) is 161 Å². The van der Waals surface area contributed by atoms with Crippen LogP contribution in [0.1, 0.15) is 0 Å². The van der Waals surface area contributed by atoms with Gasteiger partial charge in [-0.05, 0) is 48.5 Å². The zero-order valence-corrected chi connectivity index (χ0v) is 27.0. The van der Waals surface area contributed by atoms with Crippen molar-refractivity contribution in [2.24, 2.45) is 0 Å². The van der Waals surface area contributed by atoms with E-state index in [4.69, 9.17) is 28.8 Å². The number of rotatable bonds is 4. The molecular weight excluding hydrogens is 631 g/mol. The molecule has 0 unspecified atom stereocenters. The standard InChI is InChI=1S/C44H25N5O2/c1-2-11-26(12-3-1)41-46-42(33-16-9-21-37-39(33)32-14-5-7-20-36(32)50-37)48-43(47-41)34-17-8-15-30-29-23-22-27(25-38(29)51-40(30)34)49-35-19-6-4-13-28(35)31-18-10-24-45-44(31)49/h1-25H. The molecule has 0 aliphatic heterocycles. The Hall–Kier alpha value is -7.12. The van der Waals surface area contributed by atoms with E-state index in [9.17, 15) is 0 Å². The number of para-hydroxylation sites is 3. The third-order valence-electron chi connectivity index (χ3n) is 9.73. The fourth-order valence-corrected chi connectivity index (χ4v) is 7.45. The van der Waals surface area contributed by atoms with Crippen LogP contribution in [0, 0.1) is 0 Å². The molecule has 7 heteroatoms. The molecule has 0 fully saturated rings.